The zero-order chi connectivity index (χ0) is 16.8. The van der Waals surface area contributed by atoms with E-state index < -0.39 is 0 Å². The molecule has 0 aliphatic carbocycles. The Balaban J connectivity index is 2.28. The minimum Gasteiger partial charge on any atom is -0.330 e. The Bertz CT molecular complexity index is 1170. The number of rotatable bonds is 2. The third-order valence-electron chi connectivity index (χ3n) is 4.68. The van der Waals surface area contributed by atoms with E-state index in [-0.39, 0.29) is 5.43 Å². The van der Waals surface area contributed by atoms with Gasteiger partial charge in [0.25, 0.3) is 0 Å². The first-order valence-corrected chi connectivity index (χ1v) is 8.21. The van der Waals surface area contributed by atoms with E-state index in [1.807, 2.05) is 49.5 Å². The summed E-state index contributed by atoms with van der Waals surface area (Å²) in [5, 5.41) is 2.62. The van der Waals surface area contributed by atoms with Gasteiger partial charge in [-0.05, 0) is 32.0 Å². The van der Waals surface area contributed by atoms with Gasteiger partial charge >= 0.3 is 0 Å². The van der Waals surface area contributed by atoms with Crippen LogP contribution in [0.15, 0.2) is 65.0 Å². The molecule has 0 aliphatic rings. The summed E-state index contributed by atoms with van der Waals surface area (Å²) in [6.07, 6.45) is 2.20. The van der Waals surface area contributed by atoms with Gasteiger partial charge in [0.1, 0.15) is 5.65 Å². The van der Waals surface area contributed by atoms with Crippen molar-refractivity contribution in [1.82, 2.24) is 9.13 Å². The molecule has 0 fully saturated rings. The second kappa shape index (κ2) is 5.38. The number of fused-ring (bicyclic) bond motifs is 4. The van der Waals surface area contributed by atoms with Crippen molar-refractivity contribution in [3.05, 3.63) is 70.4 Å². The summed E-state index contributed by atoms with van der Waals surface area (Å²) < 4.78 is 4.39. The summed E-state index contributed by atoms with van der Waals surface area (Å²) >= 11 is 0. The van der Waals surface area contributed by atoms with E-state index in [0.717, 1.165) is 39.4 Å². The molecule has 3 nitrogen and oxygen atoms in total. The van der Waals surface area contributed by atoms with Crippen molar-refractivity contribution in [2.75, 3.05) is 0 Å². The largest absolute Gasteiger partial charge is 0.330 e. The minimum absolute atomic E-state index is 0.117. The van der Waals surface area contributed by atoms with Gasteiger partial charge in [-0.15, -0.1) is 0 Å². The quantitative estimate of drug-likeness (QED) is 0.496. The van der Waals surface area contributed by atoms with Crippen molar-refractivity contribution in [1.29, 1.82) is 0 Å². The maximum absolute atomic E-state index is 13.2. The number of aryl methyl sites for hydroxylation is 1. The molecule has 0 unspecified atom stereocenters. The fourth-order valence-electron chi connectivity index (χ4n) is 3.53. The van der Waals surface area contributed by atoms with E-state index in [9.17, 15) is 4.79 Å². The molecule has 0 bridgehead atoms. The molecular weight excluding hydrogens is 296 g/mol. The molecule has 0 radical (unpaired) electrons. The van der Waals surface area contributed by atoms with Crippen molar-refractivity contribution in [2.45, 2.75) is 20.4 Å². The number of nitrogens with zero attached hydrogens (tertiary/aromatic N) is 2. The number of hydrogen-bond acceptors (Lipinski definition) is 1. The third-order valence-corrected chi connectivity index (χ3v) is 4.68. The van der Waals surface area contributed by atoms with Crippen LogP contribution in [0.1, 0.15) is 13.8 Å². The van der Waals surface area contributed by atoms with Gasteiger partial charge in [-0.25, -0.2) is 0 Å². The second-order valence-corrected chi connectivity index (χ2v) is 6.51. The highest BCUT2D eigenvalue weighted by Gasteiger charge is 2.17. The highest BCUT2D eigenvalue weighted by Crippen LogP contribution is 2.29. The highest BCUT2D eigenvalue weighted by atomic mass is 16.1. The lowest BCUT2D eigenvalue weighted by molar-refractivity contribution is 0.836. The predicted molar refractivity (Wildman–Crippen MR) is 102 cm³/mol. The maximum atomic E-state index is 13.2. The van der Waals surface area contributed by atoms with Crippen LogP contribution in [0.25, 0.3) is 32.8 Å². The first kappa shape index (κ1) is 14.8. The molecule has 120 valence electrons. The number of para-hydroxylation sites is 2. The Hall–Kier alpha value is -2.81. The van der Waals surface area contributed by atoms with Gasteiger partial charge in [0.15, 0.2) is 5.43 Å². The molecule has 3 heteroatoms. The lowest BCUT2D eigenvalue weighted by Crippen LogP contribution is -2.11. The van der Waals surface area contributed by atoms with E-state index in [4.69, 9.17) is 0 Å². The summed E-state index contributed by atoms with van der Waals surface area (Å²) in [7, 11) is 2.04. The van der Waals surface area contributed by atoms with Gasteiger partial charge in [-0.2, -0.15) is 0 Å². The van der Waals surface area contributed by atoms with Crippen LogP contribution < -0.4 is 5.43 Å². The number of benzene rings is 2. The van der Waals surface area contributed by atoms with Gasteiger partial charge in [-0.3, -0.25) is 4.79 Å². The van der Waals surface area contributed by atoms with E-state index in [1.165, 1.54) is 5.57 Å². The van der Waals surface area contributed by atoms with Gasteiger partial charge in [0, 0.05) is 24.4 Å². The Kier molecular flexibility index (Phi) is 3.31. The van der Waals surface area contributed by atoms with Crippen LogP contribution in [-0.4, -0.2) is 9.13 Å². The molecule has 24 heavy (non-hydrogen) atoms. The van der Waals surface area contributed by atoms with E-state index in [0.29, 0.717) is 0 Å². The van der Waals surface area contributed by atoms with Gasteiger partial charge < -0.3 is 9.13 Å². The van der Waals surface area contributed by atoms with Crippen LogP contribution in [0.5, 0.6) is 0 Å². The maximum Gasteiger partial charge on any atom is 0.199 e. The molecule has 2 aromatic heterocycles. The van der Waals surface area contributed by atoms with Gasteiger partial charge in [0.05, 0.1) is 16.4 Å². The lowest BCUT2D eigenvalue weighted by Gasteiger charge is -2.11. The highest BCUT2D eigenvalue weighted by molar-refractivity contribution is 6.10. The zero-order valence-corrected chi connectivity index (χ0v) is 14.2. The normalized spacial score (nSPS) is 11.5. The van der Waals surface area contributed by atoms with E-state index in [1.54, 1.807) is 0 Å². The Labute approximate surface area is 140 Å². The number of pyridine rings is 1. The fourth-order valence-corrected chi connectivity index (χ4v) is 3.53. The predicted octanol–water partition coefficient (Wildman–Crippen LogP) is 4.61. The average molecular weight is 316 g/mol. The topological polar surface area (TPSA) is 26.9 Å². The molecule has 2 heterocycles. The molecule has 4 rings (SSSR count). The molecule has 0 atom stereocenters. The van der Waals surface area contributed by atoms with Crippen LogP contribution >= 0.6 is 0 Å². The minimum atomic E-state index is 0.117. The second-order valence-electron chi connectivity index (χ2n) is 6.51. The molecule has 4 aromatic rings. The number of hydrogen-bond donors (Lipinski definition) is 0. The van der Waals surface area contributed by atoms with Crippen LogP contribution in [0.4, 0.5) is 0 Å². The van der Waals surface area contributed by atoms with Crippen molar-refractivity contribution >= 4 is 32.8 Å². The average Bonchev–Trinajstić information content (AvgIpc) is 2.93. The van der Waals surface area contributed by atoms with Crippen molar-refractivity contribution in [2.24, 2.45) is 7.05 Å². The Morgan fingerprint density at radius 1 is 0.958 bits per heavy atom. The number of aromatic nitrogens is 2. The van der Waals surface area contributed by atoms with Gasteiger partial charge in [0.2, 0.25) is 0 Å². The standard InChI is InChI=1S/C21H20N2O/c1-14(2)12-13-23-18-11-7-4-8-15(18)19-20(24)16-9-5-6-10-17(16)22(3)21(19)23/h4-12H,13H2,1-3H3. The van der Waals surface area contributed by atoms with Crippen LogP contribution in [0.3, 0.4) is 0 Å². The Morgan fingerprint density at radius 3 is 2.29 bits per heavy atom. The SMILES string of the molecule is CC(C)=CCn1c2ccccc2c2c(=O)c3ccccc3n(C)c21. The van der Waals surface area contributed by atoms with Gasteiger partial charge in [-0.1, -0.05) is 42.0 Å². The summed E-state index contributed by atoms with van der Waals surface area (Å²) in [5.74, 6) is 0. The van der Waals surface area contributed by atoms with Crippen molar-refractivity contribution in [3.63, 3.8) is 0 Å². The fraction of sp³-hybridized carbons (Fsp3) is 0.190. The van der Waals surface area contributed by atoms with Crippen LogP contribution in [0.2, 0.25) is 0 Å². The first-order chi connectivity index (χ1) is 11.6. The molecule has 0 spiro atoms. The number of allylic oxidation sites excluding steroid dienone is 2. The summed E-state index contributed by atoms with van der Waals surface area (Å²) in [4.78, 5) is 13.2. The molecule has 0 aliphatic heterocycles. The first-order valence-electron chi connectivity index (χ1n) is 8.21. The van der Waals surface area contributed by atoms with Crippen LogP contribution in [-0.2, 0) is 13.6 Å². The zero-order valence-electron chi connectivity index (χ0n) is 14.2. The molecule has 0 saturated carbocycles. The van der Waals surface area contributed by atoms with E-state index >= 15 is 0 Å². The molecule has 0 N–H and O–H groups in total. The molecule has 0 saturated heterocycles. The summed E-state index contributed by atoms with van der Waals surface area (Å²) in [6.45, 7) is 4.96. The monoisotopic (exact) mass is 316 g/mol. The Morgan fingerprint density at radius 2 is 1.58 bits per heavy atom. The van der Waals surface area contributed by atoms with Crippen LogP contribution in [0, 0.1) is 0 Å². The third kappa shape index (κ3) is 2.01. The van der Waals surface area contributed by atoms with Crippen molar-refractivity contribution in [3.8, 4) is 0 Å². The van der Waals surface area contributed by atoms with Crippen molar-refractivity contribution < 1.29 is 0 Å². The summed E-state index contributed by atoms with van der Waals surface area (Å²) in [5.41, 5.74) is 4.44. The van der Waals surface area contributed by atoms with E-state index in [2.05, 4.69) is 35.1 Å². The molecular formula is C21H20N2O. The molecule has 2 aromatic carbocycles. The molecule has 0 amide bonds. The smallest absolute Gasteiger partial charge is 0.199 e. The lowest BCUT2D eigenvalue weighted by atomic mass is 10.1. The summed E-state index contributed by atoms with van der Waals surface area (Å²) in [6, 6.07) is 16.0.